The first kappa shape index (κ1) is 11.5. The fourth-order valence-corrected chi connectivity index (χ4v) is 1.93. The summed E-state index contributed by atoms with van der Waals surface area (Å²) in [4.78, 5) is 3.54. The van der Waals surface area contributed by atoms with E-state index in [4.69, 9.17) is 0 Å². The van der Waals surface area contributed by atoms with E-state index in [1.165, 1.54) is 0 Å². The van der Waals surface area contributed by atoms with Gasteiger partial charge in [-0.2, -0.15) is 13.2 Å². The zero-order valence-electron chi connectivity index (χ0n) is 8.06. The number of thiazole rings is 1. The number of hydrogen-bond acceptors (Lipinski definition) is 2. The molecular formula is C9H12F3NS. The predicted molar refractivity (Wildman–Crippen MR) is 50.4 cm³/mol. The van der Waals surface area contributed by atoms with Gasteiger partial charge in [0.25, 0.3) is 0 Å². The maximum Gasteiger partial charge on any atom is 0.434 e. The topological polar surface area (TPSA) is 12.9 Å². The quantitative estimate of drug-likeness (QED) is 0.699. The van der Waals surface area contributed by atoms with Crippen molar-refractivity contribution in [3.63, 3.8) is 0 Å². The zero-order valence-corrected chi connectivity index (χ0v) is 8.87. The van der Waals surface area contributed by atoms with Gasteiger partial charge >= 0.3 is 6.18 Å². The van der Waals surface area contributed by atoms with Gasteiger partial charge in [0.2, 0.25) is 0 Å². The van der Waals surface area contributed by atoms with Crippen LogP contribution in [0.3, 0.4) is 0 Å². The highest BCUT2D eigenvalue weighted by molar-refractivity contribution is 7.09. The minimum Gasteiger partial charge on any atom is -0.236 e. The van der Waals surface area contributed by atoms with Gasteiger partial charge in [-0.1, -0.05) is 13.8 Å². The van der Waals surface area contributed by atoms with Crippen LogP contribution in [0.25, 0.3) is 0 Å². The molecule has 1 saturated carbocycles. The third-order valence-electron chi connectivity index (χ3n) is 1.74. The van der Waals surface area contributed by atoms with E-state index in [9.17, 15) is 13.2 Å². The summed E-state index contributed by atoms with van der Waals surface area (Å²) in [5.41, 5.74) is -0.741. The van der Waals surface area contributed by atoms with Crippen LogP contribution < -0.4 is 0 Å². The maximum atomic E-state index is 12.0. The summed E-state index contributed by atoms with van der Waals surface area (Å²) in [6.07, 6.45) is -2.29. The summed E-state index contributed by atoms with van der Waals surface area (Å²) in [5.74, 6) is 0.311. The second-order valence-corrected chi connectivity index (χ2v) is 3.73. The van der Waals surface area contributed by atoms with Crippen LogP contribution in [0.4, 0.5) is 13.2 Å². The van der Waals surface area contributed by atoms with Crippen LogP contribution in [-0.4, -0.2) is 4.98 Å². The third-order valence-corrected chi connectivity index (χ3v) is 2.75. The highest BCUT2D eigenvalue weighted by atomic mass is 32.1. The molecule has 14 heavy (non-hydrogen) atoms. The monoisotopic (exact) mass is 223 g/mol. The van der Waals surface area contributed by atoms with Crippen LogP contribution in [-0.2, 0) is 6.18 Å². The molecule has 1 heterocycles. The third kappa shape index (κ3) is 2.70. The number of halogens is 3. The van der Waals surface area contributed by atoms with Crippen molar-refractivity contribution < 1.29 is 13.2 Å². The minimum atomic E-state index is -4.27. The van der Waals surface area contributed by atoms with E-state index in [1.54, 1.807) is 0 Å². The predicted octanol–water partition coefficient (Wildman–Crippen LogP) is 4.07. The Labute approximate surface area is 85.0 Å². The SMILES string of the molecule is CC.FC(F)(F)c1csc(C2CC2)n1. The molecule has 0 unspecified atom stereocenters. The summed E-state index contributed by atoms with van der Waals surface area (Å²) < 4.78 is 36.1. The molecule has 0 spiro atoms. The van der Waals surface area contributed by atoms with Gasteiger partial charge in [0.1, 0.15) is 0 Å². The Morgan fingerprint density at radius 2 is 1.93 bits per heavy atom. The molecule has 80 valence electrons. The zero-order chi connectivity index (χ0) is 10.8. The number of aromatic nitrogens is 1. The van der Waals surface area contributed by atoms with E-state index in [2.05, 4.69) is 4.98 Å². The van der Waals surface area contributed by atoms with E-state index >= 15 is 0 Å². The number of rotatable bonds is 1. The summed E-state index contributed by atoms with van der Waals surface area (Å²) >= 11 is 1.12. The average Bonchev–Trinajstić information content (AvgIpc) is 2.85. The van der Waals surface area contributed by atoms with Crippen LogP contribution in [0.5, 0.6) is 0 Å². The van der Waals surface area contributed by atoms with Crippen molar-refractivity contribution in [1.82, 2.24) is 4.98 Å². The van der Waals surface area contributed by atoms with Gasteiger partial charge in [-0.15, -0.1) is 11.3 Å². The average molecular weight is 223 g/mol. The van der Waals surface area contributed by atoms with E-state index in [1.807, 2.05) is 13.8 Å². The molecule has 0 saturated heterocycles. The first-order valence-corrected chi connectivity index (χ1v) is 5.48. The Balaban J connectivity index is 0.000000461. The molecule has 0 bridgehead atoms. The summed E-state index contributed by atoms with van der Waals surface area (Å²) in [6, 6.07) is 0. The second-order valence-electron chi connectivity index (χ2n) is 2.84. The van der Waals surface area contributed by atoms with Crippen LogP contribution >= 0.6 is 11.3 Å². The van der Waals surface area contributed by atoms with Gasteiger partial charge in [-0.25, -0.2) is 4.98 Å². The summed E-state index contributed by atoms with van der Waals surface area (Å²) in [7, 11) is 0. The summed E-state index contributed by atoms with van der Waals surface area (Å²) in [5, 5.41) is 1.73. The van der Waals surface area contributed by atoms with Gasteiger partial charge in [0, 0.05) is 11.3 Å². The molecule has 0 N–H and O–H groups in total. The van der Waals surface area contributed by atoms with Gasteiger partial charge in [0.15, 0.2) is 5.69 Å². The van der Waals surface area contributed by atoms with Gasteiger partial charge < -0.3 is 0 Å². The van der Waals surface area contributed by atoms with Crippen molar-refractivity contribution in [3.05, 3.63) is 16.1 Å². The Kier molecular flexibility index (Phi) is 3.53. The second kappa shape index (κ2) is 4.29. The lowest BCUT2D eigenvalue weighted by Crippen LogP contribution is -2.05. The van der Waals surface area contributed by atoms with Crippen LogP contribution in [0.2, 0.25) is 0 Å². The standard InChI is InChI=1S/C7H6F3NS.C2H6/c8-7(9,10)5-3-12-6(11-5)4-1-2-4;1-2/h3-4H,1-2H2;1-2H3. The highest BCUT2D eigenvalue weighted by Gasteiger charge is 2.36. The van der Waals surface area contributed by atoms with Crippen molar-refractivity contribution in [1.29, 1.82) is 0 Å². The molecule has 0 aromatic carbocycles. The first-order chi connectivity index (χ1) is 6.57. The Bertz CT molecular complexity index is 288. The van der Waals surface area contributed by atoms with Gasteiger partial charge in [0.05, 0.1) is 5.01 Å². The first-order valence-electron chi connectivity index (χ1n) is 4.60. The van der Waals surface area contributed by atoms with Crippen molar-refractivity contribution in [2.75, 3.05) is 0 Å². The van der Waals surface area contributed by atoms with E-state index in [0.717, 1.165) is 29.6 Å². The molecule has 0 aliphatic heterocycles. The number of alkyl halides is 3. The summed E-state index contributed by atoms with van der Waals surface area (Å²) in [6.45, 7) is 4.00. The maximum absolute atomic E-state index is 12.0. The lowest BCUT2D eigenvalue weighted by atomic mass is 10.4. The molecule has 5 heteroatoms. The van der Waals surface area contributed by atoms with Crippen molar-refractivity contribution in [2.24, 2.45) is 0 Å². The minimum absolute atomic E-state index is 0.311. The molecule has 1 fully saturated rings. The molecule has 1 aliphatic rings. The molecule has 1 nitrogen and oxygen atoms in total. The van der Waals surface area contributed by atoms with E-state index < -0.39 is 11.9 Å². The van der Waals surface area contributed by atoms with Gasteiger partial charge in [-0.05, 0) is 12.8 Å². The molecule has 0 radical (unpaired) electrons. The molecule has 1 aliphatic carbocycles. The van der Waals surface area contributed by atoms with Gasteiger partial charge in [-0.3, -0.25) is 0 Å². The smallest absolute Gasteiger partial charge is 0.236 e. The van der Waals surface area contributed by atoms with E-state index in [0.29, 0.717) is 10.9 Å². The Hall–Kier alpha value is -0.580. The van der Waals surface area contributed by atoms with Crippen molar-refractivity contribution in [3.8, 4) is 0 Å². The fourth-order valence-electron chi connectivity index (χ4n) is 0.936. The molecule has 0 atom stereocenters. The Morgan fingerprint density at radius 3 is 2.29 bits per heavy atom. The molecule has 1 aromatic rings. The van der Waals surface area contributed by atoms with Crippen LogP contribution in [0, 0.1) is 0 Å². The van der Waals surface area contributed by atoms with Crippen molar-refractivity contribution in [2.45, 2.75) is 38.8 Å². The fraction of sp³-hybridized carbons (Fsp3) is 0.667. The molecule has 0 amide bonds. The normalized spacial score (nSPS) is 16.1. The Morgan fingerprint density at radius 1 is 1.36 bits per heavy atom. The molecule has 1 aromatic heterocycles. The molecule has 2 rings (SSSR count). The lowest BCUT2D eigenvalue weighted by molar-refractivity contribution is -0.140. The largest absolute Gasteiger partial charge is 0.434 e. The highest BCUT2D eigenvalue weighted by Crippen LogP contribution is 2.43. The number of hydrogen-bond donors (Lipinski definition) is 0. The van der Waals surface area contributed by atoms with E-state index in [-0.39, 0.29) is 0 Å². The number of nitrogens with zero attached hydrogens (tertiary/aromatic N) is 1. The lowest BCUT2D eigenvalue weighted by Gasteiger charge is -1.99. The van der Waals surface area contributed by atoms with Crippen molar-refractivity contribution >= 4 is 11.3 Å². The van der Waals surface area contributed by atoms with Crippen LogP contribution in [0.1, 0.15) is 43.3 Å². The van der Waals surface area contributed by atoms with Crippen LogP contribution in [0.15, 0.2) is 5.38 Å². The molecular weight excluding hydrogens is 211 g/mol.